The molecule has 2 nitrogen and oxygen atoms in total. The fraction of sp³-hybridized carbons (Fsp3) is 0.929. The molecule has 0 radical (unpaired) electrons. The van der Waals surface area contributed by atoms with Crippen molar-refractivity contribution in [1.29, 1.82) is 0 Å². The predicted octanol–water partition coefficient (Wildman–Crippen LogP) is 3.50. The molecule has 0 saturated heterocycles. The lowest BCUT2D eigenvalue weighted by atomic mass is 9.89. The summed E-state index contributed by atoms with van der Waals surface area (Å²) < 4.78 is 0. The highest BCUT2D eigenvalue weighted by atomic mass is 16.1. The molecule has 0 aliphatic rings. The maximum Gasteiger partial charge on any atom is 0.152 e. The van der Waals surface area contributed by atoms with Crippen LogP contribution in [0.15, 0.2) is 0 Å². The van der Waals surface area contributed by atoms with Gasteiger partial charge in [-0.3, -0.25) is 9.69 Å². The van der Waals surface area contributed by atoms with Crippen molar-refractivity contribution in [3.63, 3.8) is 0 Å². The van der Waals surface area contributed by atoms with Crippen molar-refractivity contribution in [1.82, 2.24) is 4.90 Å². The van der Waals surface area contributed by atoms with Crippen molar-refractivity contribution < 1.29 is 4.79 Å². The molecule has 0 aromatic rings. The molecular formula is C14H29NO. The third-order valence-corrected chi connectivity index (χ3v) is 3.55. The average molecular weight is 227 g/mol. The highest BCUT2D eigenvalue weighted by Gasteiger charge is 2.26. The van der Waals surface area contributed by atoms with Gasteiger partial charge in [-0.2, -0.15) is 0 Å². The Balaban J connectivity index is 4.44. The van der Waals surface area contributed by atoms with Gasteiger partial charge in [0.05, 0.1) is 6.04 Å². The van der Waals surface area contributed by atoms with Crippen LogP contribution in [0.25, 0.3) is 0 Å². The smallest absolute Gasteiger partial charge is 0.152 e. The molecule has 0 N–H and O–H groups in total. The second kappa shape index (κ2) is 8.74. The third-order valence-electron chi connectivity index (χ3n) is 3.55. The van der Waals surface area contributed by atoms with E-state index < -0.39 is 0 Å². The quantitative estimate of drug-likeness (QED) is 0.601. The van der Waals surface area contributed by atoms with Crippen LogP contribution in [0.5, 0.6) is 0 Å². The number of hydrogen-bond acceptors (Lipinski definition) is 2. The van der Waals surface area contributed by atoms with E-state index in [0.717, 1.165) is 25.8 Å². The van der Waals surface area contributed by atoms with Gasteiger partial charge in [-0.1, -0.05) is 40.5 Å². The van der Waals surface area contributed by atoms with Crippen LogP contribution < -0.4 is 0 Å². The molecule has 0 heterocycles. The van der Waals surface area contributed by atoms with Crippen molar-refractivity contribution in [3.8, 4) is 0 Å². The van der Waals surface area contributed by atoms with Crippen LogP contribution in [-0.2, 0) is 4.79 Å². The van der Waals surface area contributed by atoms with Crippen molar-refractivity contribution in [2.45, 2.75) is 65.8 Å². The molecule has 2 unspecified atom stereocenters. The van der Waals surface area contributed by atoms with Gasteiger partial charge in [-0.15, -0.1) is 0 Å². The Kier molecular flexibility index (Phi) is 8.54. The molecule has 0 aromatic heterocycles. The first-order valence-electron chi connectivity index (χ1n) is 6.86. The van der Waals surface area contributed by atoms with Crippen LogP contribution in [0, 0.1) is 5.92 Å². The predicted molar refractivity (Wildman–Crippen MR) is 70.7 cm³/mol. The molecule has 0 aromatic carbocycles. The zero-order chi connectivity index (χ0) is 12.6. The zero-order valence-electron chi connectivity index (χ0n) is 11.8. The Morgan fingerprint density at radius 3 is 2.12 bits per heavy atom. The van der Waals surface area contributed by atoms with Crippen LogP contribution in [0.1, 0.15) is 59.8 Å². The summed E-state index contributed by atoms with van der Waals surface area (Å²) in [6, 6.07) is 0.131. The monoisotopic (exact) mass is 227 g/mol. The zero-order valence-corrected chi connectivity index (χ0v) is 11.8. The van der Waals surface area contributed by atoms with Crippen LogP contribution in [0.2, 0.25) is 0 Å². The fourth-order valence-corrected chi connectivity index (χ4v) is 2.22. The molecule has 0 rings (SSSR count). The molecule has 16 heavy (non-hydrogen) atoms. The largest absolute Gasteiger partial charge is 0.298 e. The highest BCUT2D eigenvalue weighted by molar-refractivity contribution is 5.86. The van der Waals surface area contributed by atoms with Crippen molar-refractivity contribution in [2.75, 3.05) is 13.6 Å². The molecule has 0 aliphatic heterocycles. The summed E-state index contributed by atoms with van der Waals surface area (Å²) in [6.07, 6.45) is 5.36. The van der Waals surface area contributed by atoms with Crippen molar-refractivity contribution in [3.05, 3.63) is 0 Å². The van der Waals surface area contributed by atoms with Gasteiger partial charge in [0.1, 0.15) is 0 Å². The topological polar surface area (TPSA) is 20.3 Å². The van der Waals surface area contributed by atoms with E-state index in [1.54, 1.807) is 0 Å². The lowest BCUT2D eigenvalue weighted by Gasteiger charge is -2.28. The lowest BCUT2D eigenvalue weighted by molar-refractivity contribution is -0.128. The summed E-state index contributed by atoms with van der Waals surface area (Å²) in [4.78, 5) is 14.5. The van der Waals surface area contributed by atoms with Crippen LogP contribution in [0.3, 0.4) is 0 Å². The number of unbranched alkanes of at least 4 members (excludes halogenated alkanes) is 1. The van der Waals surface area contributed by atoms with E-state index in [1.165, 1.54) is 12.8 Å². The van der Waals surface area contributed by atoms with Gasteiger partial charge < -0.3 is 0 Å². The van der Waals surface area contributed by atoms with Crippen molar-refractivity contribution in [2.24, 2.45) is 5.92 Å². The Morgan fingerprint density at radius 2 is 1.75 bits per heavy atom. The summed E-state index contributed by atoms with van der Waals surface area (Å²) in [7, 11) is 2.05. The molecule has 0 fully saturated rings. The lowest BCUT2D eigenvalue weighted by Crippen LogP contribution is -2.41. The Labute approximate surface area is 101 Å². The first-order valence-corrected chi connectivity index (χ1v) is 6.86. The molecule has 0 bridgehead atoms. The molecule has 0 saturated carbocycles. The number of carbonyl (C=O) groups is 1. The summed E-state index contributed by atoms with van der Waals surface area (Å²) in [5, 5.41) is 0. The van der Waals surface area contributed by atoms with Gasteiger partial charge in [0.15, 0.2) is 5.78 Å². The molecule has 0 aliphatic carbocycles. The van der Waals surface area contributed by atoms with Gasteiger partial charge >= 0.3 is 0 Å². The summed E-state index contributed by atoms with van der Waals surface area (Å²) in [6.45, 7) is 9.50. The molecule has 2 heteroatoms. The number of nitrogens with zero attached hydrogens (tertiary/aromatic N) is 1. The van der Waals surface area contributed by atoms with Crippen LogP contribution in [0.4, 0.5) is 0 Å². The second-order valence-corrected chi connectivity index (χ2v) is 4.65. The number of ketones is 1. The molecular weight excluding hydrogens is 198 g/mol. The van der Waals surface area contributed by atoms with E-state index in [-0.39, 0.29) is 12.0 Å². The van der Waals surface area contributed by atoms with E-state index in [9.17, 15) is 4.79 Å². The average Bonchev–Trinajstić information content (AvgIpc) is 2.30. The third kappa shape index (κ3) is 4.65. The number of carbonyl (C=O) groups excluding carboxylic acids is 1. The van der Waals surface area contributed by atoms with Crippen LogP contribution in [-0.4, -0.2) is 30.3 Å². The Morgan fingerprint density at radius 1 is 1.12 bits per heavy atom. The highest BCUT2D eigenvalue weighted by Crippen LogP contribution is 2.18. The number of likely N-dealkylation sites (N-methyl/N-ethyl adjacent to an activating group) is 1. The van der Waals surface area contributed by atoms with E-state index in [0.29, 0.717) is 5.78 Å². The molecule has 96 valence electrons. The number of hydrogen-bond donors (Lipinski definition) is 0. The Bertz CT molecular complexity index is 191. The normalized spacial score (nSPS) is 15.1. The van der Waals surface area contributed by atoms with Crippen LogP contribution >= 0.6 is 0 Å². The van der Waals surface area contributed by atoms with Gasteiger partial charge in [-0.25, -0.2) is 0 Å². The molecule has 0 amide bonds. The van der Waals surface area contributed by atoms with Gasteiger partial charge in [0, 0.05) is 5.92 Å². The minimum atomic E-state index is 0.131. The van der Waals surface area contributed by atoms with Crippen molar-refractivity contribution >= 4 is 5.78 Å². The van der Waals surface area contributed by atoms with Gasteiger partial charge in [0.2, 0.25) is 0 Å². The first kappa shape index (κ1) is 15.6. The summed E-state index contributed by atoms with van der Waals surface area (Å²) in [5.74, 6) is 0.738. The van der Waals surface area contributed by atoms with E-state index in [1.807, 2.05) is 0 Å². The standard InChI is InChI=1S/C14H29NO/c1-6-10-11-12(7-2)14(16)13(8-3)15(5)9-4/h12-13H,6-11H2,1-5H3. The second-order valence-electron chi connectivity index (χ2n) is 4.65. The summed E-state index contributed by atoms with van der Waals surface area (Å²) >= 11 is 0. The van der Waals surface area contributed by atoms with E-state index >= 15 is 0 Å². The maximum absolute atomic E-state index is 12.4. The maximum atomic E-state index is 12.4. The fourth-order valence-electron chi connectivity index (χ4n) is 2.22. The van der Waals surface area contributed by atoms with Gasteiger partial charge in [0.25, 0.3) is 0 Å². The minimum absolute atomic E-state index is 0.131. The summed E-state index contributed by atoms with van der Waals surface area (Å²) in [5.41, 5.74) is 0. The van der Waals surface area contributed by atoms with E-state index in [2.05, 4.69) is 39.6 Å². The number of Topliss-reactive ketones (excluding diaryl/α,β-unsaturated/α-hetero) is 1. The molecule has 0 spiro atoms. The number of rotatable bonds is 9. The SMILES string of the molecule is CCCCC(CC)C(=O)C(CC)N(C)CC. The Hall–Kier alpha value is -0.370. The van der Waals surface area contributed by atoms with Gasteiger partial charge in [-0.05, 0) is 32.9 Å². The minimum Gasteiger partial charge on any atom is -0.298 e. The van der Waals surface area contributed by atoms with E-state index in [4.69, 9.17) is 0 Å². The first-order chi connectivity index (χ1) is 7.62. The molecule has 2 atom stereocenters.